The van der Waals surface area contributed by atoms with Gasteiger partial charge in [0.1, 0.15) is 0 Å². The maximum atomic E-state index is 12.7. The second-order valence-electron chi connectivity index (χ2n) is 4.92. The lowest BCUT2D eigenvalue weighted by Crippen LogP contribution is -2.41. The minimum Gasteiger partial charge on any atom is -0.369 e. The molecule has 1 amide bonds. The molecular weight excluding hydrogens is 274 g/mol. The van der Waals surface area contributed by atoms with Crippen LogP contribution in [0.25, 0.3) is 10.8 Å². The van der Waals surface area contributed by atoms with Gasteiger partial charge >= 0.3 is 0 Å². The number of nitrogens with one attached hydrogen (secondary N) is 1. The number of carbonyl (C=O) groups is 1. The van der Waals surface area contributed by atoms with Gasteiger partial charge in [0.25, 0.3) is 5.91 Å². The Kier molecular flexibility index (Phi) is 3.58. The number of rotatable bonds is 2. The summed E-state index contributed by atoms with van der Waals surface area (Å²) in [6.07, 6.45) is 0. The highest BCUT2D eigenvalue weighted by molar-refractivity contribution is 6.21. The average molecular weight is 289 g/mol. The molecule has 4 nitrogen and oxygen atoms in total. The molecule has 0 atom stereocenters. The number of amides is 1. The monoisotopic (exact) mass is 289 g/mol. The van der Waals surface area contributed by atoms with E-state index in [0.717, 1.165) is 10.8 Å². The normalized spacial score (nSPS) is 10.4. The Labute approximate surface area is 128 Å². The van der Waals surface area contributed by atoms with Gasteiger partial charge in [-0.2, -0.15) is 0 Å². The van der Waals surface area contributed by atoms with E-state index in [2.05, 4.69) is 0 Å². The van der Waals surface area contributed by atoms with Gasteiger partial charge in [-0.05, 0) is 35.0 Å². The van der Waals surface area contributed by atoms with E-state index in [1.54, 1.807) is 30.3 Å². The van der Waals surface area contributed by atoms with Gasteiger partial charge in [0.2, 0.25) is 0 Å². The SMILES string of the molecule is N=C(N)N(C(=O)c1ccc2ccccc2c1)c1ccccc1. The number of hydrogen-bond donors (Lipinski definition) is 2. The zero-order valence-electron chi connectivity index (χ0n) is 11.9. The van der Waals surface area contributed by atoms with E-state index in [9.17, 15) is 4.79 Å². The molecule has 0 saturated heterocycles. The van der Waals surface area contributed by atoms with Crippen LogP contribution in [0.4, 0.5) is 5.69 Å². The summed E-state index contributed by atoms with van der Waals surface area (Å²) in [5, 5.41) is 9.75. The van der Waals surface area contributed by atoms with E-state index < -0.39 is 0 Å². The fraction of sp³-hybridized carbons (Fsp3) is 0. The number of carbonyl (C=O) groups excluding carboxylic acids is 1. The van der Waals surface area contributed by atoms with Crippen LogP contribution in [0, 0.1) is 5.41 Å². The number of para-hydroxylation sites is 1. The Hall–Kier alpha value is -3.14. The van der Waals surface area contributed by atoms with Gasteiger partial charge in [-0.3, -0.25) is 10.2 Å². The summed E-state index contributed by atoms with van der Waals surface area (Å²) < 4.78 is 0. The van der Waals surface area contributed by atoms with E-state index in [1.807, 2.05) is 42.5 Å². The van der Waals surface area contributed by atoms with Crippen molar-refractivity contribution >= 4 is 28.3 Å². The van der Waals surface area contributed by atoms with Crippen LogP contribution in [-0.4, -0.2) is 11.9 Å². The minimum absolute atomic E-state index is 0.302. The smallest absolute Gasteiger partial charge is 0.265 e. The van der Waals surface area contributed by atoms with Crippen molar-refractivity contribution in [2.45, 2.75) is 0 Å². The van der Waals surface area contributed by atoms with Crippen LogP contribution in [0.15, 0.2) is 72.8 Å². The maximum Gasteiger partial charge on any atom is 0.265 e. The number of nitrogens with two attached hydrogens (primary N) is 1. The van der Waals surface area contributed by atoms with Crippen LogP contribution in [0.5, 0.6) is 0 Å². The van der Waals surface area contributed by atoms with Crippen molar-refractivity contribution in [2.75, 3.05) is 4.90 Å². The van der Waals surface area contributed by atoms with Crippen molar-refractivity contribution in [3.05, 3.63) is 78.4 Å². The Bertz CT molecular complexity index is 843. The molecule has 0 unspecified atom stereocenters. The van der Waals surface area contributed by atoms with Crippen LogP contribution in [0.3, 0.4) is 0 Å². The predicted octanol–water partition coefficient (Wildman–Crippen LogP) is 3.38. The number of hydrogen-bond acceptors (Lipinski definition) is 2. The van der Waals surface area contributed by atoms with Crippen molar-refractivity contribution in [2.24, 2.45) is 5.73 Å². The van der Waals surface area contributed by atoms with E-state index in [1.165, 1.54) is 4.90 Å². The summed E-state index contributed by atoms with van der Waals surface area (Å²) in [5.74, 6) is -0.617. The molecule has 0 spiro atoms. The lowest BCUT2D eigenvalue weighted by Gasteiger charge is -2.20. The van der Waals surface area contributed by atoms with Gasteiger partial charge in [-0.25, -0.2) is 4.90 Å². The van der Waals surface area contributed by atoms with Gasteiger partial charge in [0.05, 0.1) is 5.69 Å². The number of nitrogens with zero attached hydrogens (tertiary/aromatic N) is 1. The second kappa shape index (κ2) is 5.69. The largest absolute Gasteiger partial charge is 0.369 e. The Morgan fingerprint density at radius 2 is 1.50 bits per heavy atom. The third-order valence-corrected chi connectivity index (χ3v) is 3.45. The maximum absolute atomic E-state index is 12.7. The molecule has 22 heavy (non-hydrogen) atoms. The van der Waals surface area contributed by atoms with E-state index in [4.69, 9.17) is 11.1 Å². The molecule has 4 heteroatoms. The lowest BCUT2D eigenvalue weighted by molar-refractivity contribution is 0.100. The molecule has 0 aliphatic carbocycles. The molecule has 0 fully saturated rings. The molecule has 3 N–H and O–H groups in total. The molecule has 0 heterocycles. The number of benzene rings is 3. The molecular formula is C18H15N3O. The van der Waals surface area contributed by atoms with Crippen LogP contribution < -0.4 is 10.6 Å². The summed E-state index contributed by atoms with van der Waals surface area (Å²) in [4.78, 5) is 13.9. The molecule has 0 bridgehead atoms. The molecule has 3 aromatic rings. The first-order valence-corrected chi connectivity index (χ1v) is 6.89. The van der Waals surface area contributed by atoms with Crippen molar-refractivity contribution in [1.29, 1.82) is 5.41 Å². The van der Waals surface area contributed by atoms with Crippen molar-refractivity contribution in [3.8, 4) is 0 Å². The zero-order chi connectivity index (χ0) is 15.5. The van der Waals surface area contributed by atoms with Crippen LogP contribution in [0.1, 0.15) is 10.4 Å². The van der Waals surface area contributed by atoms with Gasteiger partial charge in [-0.15, -0.1) is 0 Å². The van der Waals surface area contributed by atoms with Gasteiger partial charge in [0.15, 0.2) is 5.96 Å². The molecule has 0 saturated carbocycles. The van der Waals surface area contributed by atoms with Gasteiger partial charge in [0, 0.05) is 5.56 Å². The molecule has 3 rings (SSSR count). The summed E-state index contributed by atoms with van der Waals surface area (Å²) in [5.41, 5.74) is 6.68. The van der Waals surface area contributed by atoms with E-state index >= 15 is 0 Å². The van der Waals surface area contributed by atoms with E-state index in [0.29, 0.717) is 11.3 Å². The first-order chi connectivity index (χ1) is 10.7. The highest BCUT2D eigenvalue weighted by atomic mass is 16.2. The minimum atomic E-state index is -0.315. The Morgan fingerprint density at radius 1 is 0.864 bits per heavy atom. The Morgan fingerprint density at radius 3 is 2.18 bits per heavy atom. The van der Waals surface area contributed by atoms with Gasteiger partial charge < -0.3 is 5.73 Å². The van der Waals surface area contributed by atoms with Crippen LogP contribution >= 0.6 is 0 Å². The zero-order valence-corrected chi connectivity index (χ0v) is 11.9. The summed E-state index contributed by atoms with van der Waals surface area (Å²) in [7, 11) is 0. The molecule has 0 aromatic heterocycles. The summed E-state index contributed by atoms with van der Waals surface area (Å²) in [6, 6.07) is 22.2. The first-order valence-electron chi connectivity index (χ1n) is 6.89. The van der Waals surface area contributed by atoms with E-state index in [-0.39, 0.29) is 11.9 Å². The van der Waals surface area contributed by atoms with Crippen molar-refractivity contribution in [1.82, 2.24) is 0 Å². The highest BCUT2D eigenvalue weighted by Crippen LogP contribution is 2.20. The molecule has 0 aliphatic rings. The molecule has 108 valence electrons. The summed E-state index contributed by atoms with van der Waals surface area (Å²) in [6.45, 7) is 0. The number of fused-ring (bicyclic) bond motifs is 1. The van der Waals surface area contributed by atoms with Crippen LogP contribution in [-0.2, 0) is 0 Å². The number of anilines is 1. The van der Waals surface area contributed by atoms with Crippen molar-refractivity contribution in [3.63, 3.8) is 0 Å². The third-order valence-electron chi connectivity index (χ3n) is 3.45. The predicted molar refractivity (Wildman–Crippen MR) is 89.1 cm³/mol. The Balaban J connectivity index is 2.04. The summed E-state index contributed by atoms with van der Waals surface area (Å²) >= 11 is 0. The average Bonchev–Trinajstić information content (AvgIpc) is 2.55. The van der Waals surface area contributed by atoms with Crippen LogP contribution in [0.2, 0.25) is 0 Å². The molecule has 3 aromatic carbocycles. The fourth-order valence-electron chi connectivity index (χ4n) is 2.39. The second-order valence-corrected chi connectivity index (χ2v) is 4.92. The van der Waals surface area contributed by atoms with Gasteiger partial charge in [-0.1, -0.05) is 48.5 Å². The quantitative estimate of drug-likeness (QED) is 0.561. The highest BCUT2D eigenvalue weighted by Gasteiger charge is 2.20. The third kappa shape index (κ3) is 2.54. The lowest BCUT2D eigenvalue weighted by atomic mass is 10.1. The topological polar surface area (TPSA) is 70.2 Å². The standard InChI is InChI=1S/C18H15N3O/c19-18(20)21(16-8-2-1-3-9-16)17(22)15-11-10-13-6-4-5-7-14(13)12-15/h1-12H,(H3,19,20). The first kappa shape index (κ1) is 13.8. The number of guanidine groups is 1. The van der Waals surface area contributed by atoms with Crippen molar-refractivity contribution < 1.29 is 4.79 Å². The molecule has 0 aliphatic heterocycles. The molecule has 0 radical (unpaired) electrons. The fourth-order valence-corrected chi connectivity index (χ4v) is 2.39.